The Balaban J connectivity index is 1.85. The minimum Gasteiger partial charge on any atom is -0.394 e. The topological polar surface area (TPSA) is 59.3 Å². The molecule has 2 aromatic rings. The van der Waals surface area contributed by atoms with Crippen LogP contribution in [0.4, 0.5) is 0 Å². The van der Waals surface area contributed by atoms with Crippen molar-refractivity contribution in [1.29, 1.82) is 0 Å². The Morgan fingerprint density at radius 3 is 2.80 bits per heavy atom. The number of hydrogen-bond acceptors (Lipinski definition) is 4. The molecule has 0 aliphatic rings. The second kappa shape index (κ2) is 7.79. The van der Waals surface area contributed by atoms with Gasteiger partial charge in [-0.05, 0) is 19.1 Å². The lowest BCUT2D eigenvalue weighted by Crippen LogP contribution is -2.20. The summed E-state index contributed by atoms with van der Waals surface area (Å²) in [6.07, 6.45) is 2.05. The molecule has 0 saturated heterocycles. The van der Waals surface area contributed by atoms with Crippen molar-refractivity contribution in [2.75, 3.05) is 26.4 Å². The van der Waals surface area contributed by atoms with Crippen molar-refractivity contribution in [3.8, 4) is 5.69 Å². The standard InChI is InChI=1S/C15H21N3O2/c1-13-14(11-16-7-9-20-10-8-19)12-18(17-13)15-5-3-2-4-6-15/h2-6,12,16,19H,7-11H2,1H3. The van der Waals surface area contributed by atoms with Crippen LogP contribution in [0.1, 0.15) is 11.3 Å². The van der Waals surface area contributed by atoms with E-state index in [1.165, 1.54) is 5.56 Å². The Morgan fingerprint density at radius 2 is 2.05 bits per heavy atom. The summed E-state index contributed by atoms with van der Waals surface area (Å²) in [4.78, 5) is 0. The minimum absolute atomic E-state index is 0.0724. The molecule has 1 aromatic carbocycles. The second-order valence-electron chi connectivity index (χ2n) is 4.53. The molecule has 0 aliphatic heterocycles. The largest absolute Gasteiger partial charge is 0.394 e. The Kier molecular flexibility index (Phi) is 5.73. The van der Waals surface area contributed by atoms with E-state index < -0.39 is 0 Å². The van der Waals surface area contributed by atoms with Gasteiger partial charge in [0.1, 0.15) is 0 Å². The Bertz CT molecular complexity index is 511. The van der Waals surface area contributed by atoms with Crippen molar-refractivity contribution >= 4 is 0 Å². The number of aliphatic hydroxyl groups excluding tert-OH is 1. The van der Waals surface area contributed by atoms with Crippen LogP contribution < -0.4 is 5.32 Å². The van der Waals surface area contributed by atoms with Crippen molar-refractivity contribution < 1.29 is 9.84 Å². The third-order valence-electron chi connectivity index (χ3n) is 3.00. The van der Waals surface area contributed by atoms with Gasteiger partial charge in [-0.15, -0.1) is 0 Å². The molecule has 0 fully saturated rings. The van der Waals surface area contributed by atoms with E-state index >= 15 is 0 Å². The van der Waals surface area contributed by atoms with Crippen LogP contribution in [0.3, 0.4) is 0 Å². The first-order valence-corrected chi connectivity index (χ1v) is 6.81. The van der Waals surface area contributed by atoms with Gasteiger partial charge in [0.05, 0.1) is 31.2 Å². The fourth-order valence-corrected chi connectivity index (χ4v) is 1.92. The smallest absolute Gasteiger partial charge is 0.0698 e. The van der Waals surface area contributed by atoms with E-state index in [0.717, 1.165) is 24.5 Å². The zero-order valence-corrected chi connectivity index (χ0v) is 11.7. The van der Waals surface area contributed by atoms with Gasteiger partial charge in [-0.2, -0.15) is 5.10 Å². The highest BCUT2D eigenvalue weighted by Gasteiger charge is 2.05. The molecule has 5 nitrogen and oxygen atoms in total. The Labute approximate surface area is 119 Å². The van der Waals surface area contributed by atoms with Gasteiger partial charge in [-0.1, -0.05) is 18.2 Å². The molecule has 108 valence electrons. The minimum atomic E-state index is 0.0724. The molecule has 0 bridgehead atoms. The fourth-order valence-electron chi connectivity index (χ4n) is 1.92. The van der Waals surface area contributed by atoms with Gasteiger partial charge < -0.3 is 15.2 Å². The number of aryl methyl sites for hydroxylation is 1. The maximum absolute atomic E-state index is 8.59. The molecule has 2 N–H and O–H groups in total. The van der Waals surface area contributed by atoms with E-state index in [-0.39, 0.29) is 6.61 Å². The van der Waals surface area contributed by atoms with Crippen LogP contribution >= 0.6 is 0 Å². The van der Waals surface area contributed by atoms with E-state index in [1.54, 1.807) is 0 Å². The molecule has 5 heteroatoms. The molecule has 0 unspecified atom stereocenters. The predicted octanol–water partition coefficient (Wildman–Crippen LogP) is 1.28. The van der Waals surface area contributed by atoms with Crippen LogP contribution in [0.25, 0.3) is 5.69 Å². The lowest BCUT2D eigenvalue weighted by atomic mass is 10.2. The Hall–Kier alpha value is -1.69. The normalized spacial score (nSPS) is 10.9. The van der Waals surface area contributed by atoms with Crippen molar-refractivity contribution in [2.45, 2.75) is 13.5 Å². The number of aliphatic hydroxyl groups is 1. The lowest BCUT2D eigenvalue weighted by Gasteiger charge is -2.04. The second-order valence-corrected chi connectivity index (χ2v) is 4.53. The number of ether oxygens (including phenoxy) is 1. The molecular weight excluding hydrogens is 254 g/mol. The zero-order chi connectivity index (χ0) is 14.2. The summed E-state index contributed by atoms with van der Waals surface area (Å²) >= 11 is 0. The maximum Gasteiger partial charge on any atom is 0.0698 e. The van der Waals surface area contributed by atoms with Gasteiger partial charge in [0.15, 0.2) is 0 Å². The number of nitrogens with one attached hydrogen (secondary N) is 1. The predicted molar refractivity (Wildman–Crippen MR) is 77.9 cm³/mol. The number of rotatable bonds is 8. The molecule has 1 heterocycles. The van der Waals surface area contributed by atoms with Gasteiger partial charge >= 0.3 is 0 Å². The highest BCUT2D eigenvalue weighted by molar-refractivity contribution is 5.32. The average Bonchev–Trinajstić information content (AvgIpc) is 2.85. The first-order valence-electron chi connectivity index (χ1n) is 6.81. The third-order valence-corrected chi connectivity index (χ3v) is 3.00. The Morgan fingerprint density at radius 1 is 1.25 bits per heavy atom. The summed E-state index contributed by atoms with van der Waals surface area (Å²) < 4.78 is 7.09. The summed E-state index contributed by atoms with van der Waals surface area (Å²) in [5.41, 5.74) is 3.27. The molecule has 0 atom stereocenters. The molecule has 1 aromatic heterocycles. The van der Waals surface area contributed by atoms with Crippen LogP contribution in [0.5, 0.6) is 0 Å². The average molecular weight is 275 g/mol. The molecule has 0 amide bonds. The van der Waals surface area contributed by atoms with E-state index in [1.807, 2.05) is 48.1 Å². The molecule has 20 heavy (non-hydrogen) atoms. The quantitative estimate of drug-likeness (QED) is 0.713. The lowest BCUT2D eigenvalue weighted by molar-refractivity contribution is 0.0938. The molecule has 2 rings (SSSR count). The summed E-state index contributed by atoms with van der Waals surface area (Å²) in [6.45, 7) is 4.61. The van der Waals surface area contributed by atoms with Crippen molar-refractivity contribution in [3.63, 3.8) is 0 Å². The summed E-state index contributed by atoms with van der Waals surface area (Å²) in [5.74, 6) is 0. The van der Waals surface area contributed by atoms with Gasteiger partial charge in [0.2, 0.25) is 0 Å². The van der Waals surface area contributed by atoms with Crippen LogP contribution in [-0.2, 0) is 11.3 Å². The van der Waals surface area contributed by atoms with E-state index in [0.29, 0.717) is 13.2 Å². The molecule has 0 spiro atoms. The molecule has 0 saturated carbocycles. The van der Waals surface area contributed by atoms with Crippen LogP contribution in [0.15, 0.2) is 36.5 Å². The van der Waals surface area contributed by atoms with Crippen molar-refractivity contribution in [3.05, 3.63) is 47.8 Å². The number of nitrogens with zero attached hydrogens (tertiary/aromatic N) is 2. The van der Waals surface area contributed by atoms with Gasteiger partial charge in [0, 0.05) is 24.8 Å². The monoisotopic (exact) mass is 275 g/mol. The van der Waals surface area contributed by atoms with E-state index in [2.05, 4.69) is 10.4 Å². The SMILES string of the molecule is Cc1nn(-c2ccccc2)cc1CNCCOCCO. The van der Waals surface area contributed by atoms with E-state index in [4.69, 9.17) is 9.84 Å². The first-order chi connectivity index (χ1) is 9.81. The molecule has 0 radical (unpaired) electrons. The van der Waals surface area contributed by atoms with E-state index in [9.17, 15) is 0 Å². The summed E-state index contributed by atoms with van der Waals surface area (Å²) in [5, 5.41) is 16.4. The summed E-state index contributed by atoms with van der Waals surface area (Å²) in [7, 11) is 0. The molecule has 0 aliphatic carbocycles. The first kappa shape index (κ1) is 14.7. The number of benzene rings is 1. The number of aromatic nitrogens is 2. The van der Waals surface area contributed by atoms with Gasteiger partial charge in [0.25, 0.3) is 0 Å². The zero-order valence-electron chi connectivity index (χ0n) is 11.7. The van der Waals surface area contributed by atoms with Crippen molar-refractivity contribution in [1.82, 2.24) is 15.1 Å². The fraction of sp³-hybridized carbons (Fsp3) is 0.400. The van der Waals surface area contributed by atoms with Crippen molar-refractivity contribution in [2.24, 2.45) is 0 Å². The highest BCUT2D eigenvalue weighted by atomic mass is 16.5. The third kappa shape index (κ3) is 4.16. The van der Waals surface area contributed by atoms with Crippen LogP contribution in [-0.4, -0.2) is 41.3 Å². The highest BCUT2D eigenvalue weighted by Crippen LogP contribution is 2.11. The van der Waals surface area contributed by atoms with Gasteiger partial charge in [-0.25, -0.2) is 4.68 Å². The molecular formula is C15H21N3O2. The van der Waals surface area contributed by atoms with Crippen LogP contribution in [0, 0.1) is 6.92 Å². The summed E-state index contributed by atoms with van der Waals surface area (Å²) in [6, 6.07) is 10.1. The number of para-hydroxylation sites is 1. The number of hydrogen-bond donors (Lipinski definition) is 2. The maximum atomic E-state index is 8.59. The van der Waals surface area contributed by atoms with Gasteiger partial charge in [-0.3, -0.25) is 0 Å². The van der Waals surface area contributed by atoms with Crippen LogP contribution in [0.2, 0.25) is 0 Å².